The summed E-state index contributed by atoms with van der Waals surface area (Å²) in [6.45, 7) is 0. The highest BCUT2D eigenvalue weighted by Crippen LogP contribution is 2.20. The van der Waals surface area contributed by atoms with Crippen LogP contribution < -0.4 is 10.6 Å². The molecule has 1 heterocycles. The molecule has 10 heteroatoms. The summed E-state index contributed by atoms with van der Waals surface area (Å²) in [5.74, 6) is -1.89. The Morgan fingerprint density at radius 1 is 0.964 bits per heavy atom. The van der Waals surface area contributed by atoms with Crippen LogP contribution in [0, 0.1) is 10.1 Å². The number of nitro benzene ring substituents is 1. The van der Waals surface area contributed by atoms with Gasteiger partial charge in [-0.3, -0.25) is 19.7 Å². The fraction of sp³-hybridized carbons (Fsp3) is 0. The zero-order chi connectivity index (χ0) is 20.3. The minimum Gasteiger partial charge on any atom is -0.380 e. The highest BCUT2D eigenvalue weighted by atomic mass is 16.7. The number of nitrogens with zero attached hydrogens (tertiary/aromatic N) is 3. The highest BCUT2D eigenvalue weighted by molar-refractivity contribution is 6.28. The quantitative estimate of drug-likeness (QED) is 0.207. The molecule has 0 saturated heterocycles. The molecular formula is C18H12N4O6. The molecular weight excluding hydrogens is 368 g/mol. The van der Waals surface area contributed by atoms with Crippen molar-refractivity contribution in [1.82, 2.24) is 0 Å². The molecule has 0 aromatic heterocycles. The van der Waals surface area contributed by atoms with Gasteiger partial charge in [0.1, 0.15) is 0 Å². The van der Waals surface area contributed by atoms with E-state index in [1.807, 2.05) is 0 Å². The monoisotopic (exact) mass is 380 g/mol. The van der Waals surface area contributed by atoms with Gasteiger partial charge in [0.2, 0.25) is 0 Å². The molecule has 0 aliphatic carbocycles. The van der Waals surface area contributed by atoms with Gasteiger partial charge >= 0.3 is 5.97 Å². The van der Waals surface area contributed by atoms with Crippen LogP contribution in [0.15, 0.2) is 65.8 Å². The number of benzene rings is 2. The number of oxime groups is 1. The lowest BCUT2D eigenvalue weighted by atomic mass is 10.2. The van der Waals surface area contributed by atoms with E-state index in [1.54, 1.807) is 0 Å². The number of non-ortho nitro benzene ring substituents is 1. The van der Waals surface area contributed by atoms with Gasteiger partial charge < -0.3 is 10.6 Å². The number of nitro groups is 1. The van der Waals surface area contributed by atoms with Gasteiger partial charge in [-0.1, -0.05) is 5.16 Å². The van der Waals surface area contributed by atoms with Crippen LogP contribution in [0.5, 0.6) is 0 Å². The second kappa shape index (κ2) is 7.50. The van der Waals surface area contributed by atoms with E-state index in [9.17, 15) is 24.5 Å². The van der Waals surface area contributed by atoms with Crippen molar-refractivity contribution in [2.75, 3.05) is 4.90 Å². The van der Waals surface area contributed by atoms with Crippen molar-refractivity contribution < 1.29 is 24.1 Å². The molecule has 28 heavy (non-hydrogen) atoms. The number of hydrogen-bond donors (Lipinski definition) is 1. The van der Waals surface area contributed by atoms with E-state index in [1.165, 1.54) is 48.5 Å². The van der Waals surface area contributed by atoms with Gasteiger partial charge in [0.25, 0.3) is 17.5 Å². The Bertz CT molecular complexity index is 1010. The Labute approximate surface area is 157 Å². The summed E-state index contributed by atoms with van der Waals surface area (Å²) in [6, 6.07) is 10.8. The first kappa shape index (κ1) is 18.5. The van der Waals surface area contributed by atoms with E-state index < -0.39 is 22.7 Å². The lowest BCUT2D eigenvalue weighted by molar-refractivity contribution is -0.384. The molecule has 1 aliphatic heterocycles. The van der Waals surface area contributed by atoms with Crippen LogP contribution in [-0.4, -0.2) is 28.5 Å². The summed E-state index contributed by atoms with van der Waals surface area (Å²) in [5.41, 5.74) is 6.36. The molecule has 2 N–H and O–H groups in total. The SMILES string of the molecule is N/C(=N\OC(=O)c1ccc(N2C(=O)C=CC2=O)cc1)c1ccc([N+](=O)[O-])cc1. The predicted molar refractivity (Wildman–Crippen MR) is 97.3 cm³/mol. The fourth-order valence-corrected chi connectivity index (χ4v) is 2.35. The molecule has 0 saturated carbocycles. The molecule has 0 radical (unpaired) electrons. The maximum atomic E-state index is 12.1. The summed E-state index contributed by atoms with van der Waals surface area (Å²) in [6.07, 6.45) is 2.31. The van der Waals surface area contributed by atoms with Gasteiger partial charge in [-0.25, -0.2) is 9.69 Å². The fourth-order valence-electron chi connectivity index (χ4n) is 2.35. The molecule has 10 nitrogen and oxygen atoms in total. The third-order valence-corrected chi connectivity index (χ3v) is 3.77. The second-order valence-electron chi connectivity index (χ2n) is 5.55. The molecule has 0 bridgehead atoms. The van der Waals surface area contributed by atoms with E-state index in [0.717, 1.165) is 17.1 Å². The summed E-state index contributed by atoms with van der Waals surface area (Å²) in [7, 11) is 0. The summed E-state index contributed by atoms with van der Waals surface area (Å²) >= 11 is 0. The Kier molecular flexibility index (Phi) is 4.94. The number of rotatable bonds is 5. The van der Waals surface area contributed by atoms with Gasteiger partial charge in [0.15, 0.2) is 5.84 Å². The number of amidine groups is 1. The van der Waals surface area contributed by atoms with E-state index >= 15 is 0 Å². The lowest BCUT2D eigenvalue weighted by Crippen LogP contribution is -2.29. The maximum absolute atomic E-state index is 12.1. The topological polar surface area (TPSA) is 145 Å². The normalized spacial score (nSPS) is 13.7. The summed E-state index contributed by atoms with van der Waals surface area (Å²) in [5, 5.41) is 14.1. The average molecular weight is 380 g/mol. The Hall–Kier alpha value is -4.34. The molecule has 140 valence electrons. The summed E-state index contributed by atoms with van der Waals surface area (Å²) in [4.78, 5) is 51.1. The van der Waals surface area contributed by atoms with Crippen LogP contribution in [0.1, 0.15) is 15.9 Å². The molecule has 3 rings (SSSR count). The number of carbonyl (C=O) groups excluding carboxylic acids is 3. The molecule has 0 unspecified atom stereocenters. The molecule has 0 fully saturated rings. The van der Waals surface area contributed by atoms with Gasteiger partial charge in [0.05, 0.1) is 16.2 Å². The molecule has 2 aromatic carbocycles. The van der Waals surface area contributed by atoms with Gasteiger partial charge in [-0.2, -0.15) is 0 Å². The molecule has 2 aromatic rings. The summed E-state index contributed by atoms with van der Waals surface area (Å²) < 4.78 is 0. The highest BCUT2D eigenvalue weighted by Gasteiger charge is 2.25. The maximum Gasteiger partial charge on any atom is 0.365 e. The largest absolute Gasteiger partial charge is 0.380 e. The number of hydrogen-bond acceptors (Lipinski definition) is 7. The van der Waals surface area contributed by atoms with Crippen molar-refractivity contribution in [3.05, 3.63) is 81.9 Å². The van der Waals surface area contributed by atoms with Crippen molar-refractivity contribution in [3.63, 3.8) is 0 Å². The second-order valence-corrected chi connectivity index (χ2v) is 5.55. The van der Waals surface area contributed by atoms with Crippen molar-refractivity contribution in [2.24, 2.45) is 10.9 Å². The Morgan fingerprint density at radius 3 is 2.04 bits per heavy atom. The van der Waals surface area contributed by atoms with E-state index in [2.05, 4.69) is 5.16 Å². The zero-order valence-electron chi connectivity index (χ0n) is 14.1. The molecule has 0 atom stereocenters. The van der Waals surface area contributed by atoms with E-state index in [0.29, 0.717) is 11.3 Å². The van der Waals surface area contributed by atoms with Crippen LogP contribution >= 0.6 is 0 Å². The van der Waals surface area contributed by atoms with Crippen molar-refractivity contribution in [3.8, 4) is 0 Å². The number of imide groups is 1. The number of amides is 2. The minimum absolute atomic E-state index is 0.112. The van der Waals surface area contributed by atoms with Crippen LogP contribution in [0.25, 0.3) is 0 Å². The first-order valence-electron chi connectivity index (χ1n) is 7.82. The Balaban J connectivity index is 1.67. The predicted octanol–water partition coefficient (Wildman–Crippen LogP) is 1.50. The number of carbonyl (C=O) groups is 3. The molecule has 1 aliphatic rings. The van der Waals surface area contributed by atoms with Crippen molar-refractivity contribution in [1.29, 1.82) is 0 Å². The third-order valence-electron chi connectivity index (χ3n) is 3.77. The van der Waals surface area contributed by atoms with Gasteiger partial charge in [-0.05, 0) is 36.4 Å². The molecule has 0 spiro atoms. The Morgan fingerprint density at radius 2 is 1.50 bits per heavy atom. The standard InChI is InChI=1S/C18H12N4O6/c19-17(11-1-7-14(8-2-11)22(26)27)20-28-18(25)12-3-5-13(6-4-12)21-15(23)9-10-16(21)24/h1-10H,(H2,19,20). The minimum atomic E-state index is -0.811. The first-order valence-corrected chi connectivity index (χ1v) is 7.82. The lowest BCUT2D eigenvalue weighted by Gasteiger charge is -2.13. The number of anilines is 1. The van der Waals surface area contributed by atoms with Gasteiger partial charge in [0, 0.05) is 29.8 Å². The average Bonchev–Trinajstić information content (AvgIpc) is 3.04. The van der Waals surface area contributed by atoms with E-state index in [4.69, 9.17) is 10.6 Å². The number of nitrogens with two attached hydrogens (primary N) is 1. The van der Waals surface area contributed by atoms with Crippen LogP contribution in [0.4, 0.5) is 11.4 Å². The smallest absolute Gasteiger partial charge is 0.365 e. The molecule has 2 amide bonds. The first-order chi connectivity index (χ1) is 13.4. The van der Waals surface area contributed by atoms with Crippen LogP contribution in [-0.2, 0) is 14.4 Å². The zero-order valence-corrected chi connectivity index (χ0v) is 14.1. The van der Waals surface area contributed by atoms with Crippen molar-refractivity contribution in [2.45, 2.75) is 0 Å². The van der Waals surface area contributed by atoms with E-state index in [-0.39, 0.29) is 17.1 Å². The van der Waals surface area contributed by atoms with Crippen LogP contribution in [0.2, 0.25) is 0 Å². The van der Waals surface area contributed by atoms with Crippen molar-refractivity contribution >= 4 is 35.0 Å². The van der Waals surface area contributed by atoms with Crippen LogP contribution in [0.3, 0.4) is 0 Å². The third kappa shape index (κ3) is 3.75. The van der Waals surface area contributed by atoms with Gasteiger partial charge in [-0.15, -0.1) is 0 Å².